The van der Waals surface area contributed by atoms with Gasteiger partial charge in [-0.1, -0.05) is 13.8 Å². The second-order valence-corrected chi connectivity index (χ2v) is 3.93. The highest BCUT2D eigenvalue weighted by molar-refractivity contribution is 5.61. The zero-order valence-electron chi connectivity index (χ0n) is 10.5. The van der Waals surface area contributed by atoms with E-state index in [1.807, 2.05) is 13.8 Å². The third-order valence-corrected chi connectivity index (χ3v) is 2.94. The van der Waals surface area contributed by atoms with E-state index in [9.17, 15) is 5.11 Å². The summed E-state index contributed by atoms with van der Waals surface area (Å²) in [6.07, 6.45) is 2.69. The van der Waals surface area contributed by atoms with Gasteiger partial charge in [0.1, 0.15) is 6.33 Å². The number of nitrogens with one attached hydrogen (secondary N) is 1. The van der Waals surface area contributed by atoms with Crippen molar-refractivity contribution in [3.8, 4) is 5.75 Å². The van der Waals surface area contributed by atoms with Crippen LogP contribution >= 0.6 is 0 Å². The number of aromatic nitrogens is 2. The minimum absolute atomic E-state index is 0.279. The molecule has 0 atom stereocenters. The molecule has 0 aliphatic rings. The van der Waals surface area contributed by atoms with Gasteiger partial charge in [0.15, 0.2) is 11.6 Å². The second kappa shape index (κ2) is 5.67. The molecule has 1 aromatic heterocycles. The lowest BCUT2D eigenvalue weighted by molar-refractivity contribution is 0.0456. The Kier molecular flexibility index (Phi) is 4.51. The predicted octanol–water partition coefficient (Wildman–Crippen LogP) is 1.03. The molecule has 0 spiro atoms. The molecular weight excluding hydrogens is 220 g/mol. The first-order valence-corrected chi connectivity index (χ1v) is 5.67. The van der Waals surface area contributed by atoms with Gasteiger partial charge in [0, 0.05) is 6.54 Å². The molecule has 1 aromatic rings. The number of aliphatic hydroxyl groups is 1. The standard InChI is InChI=1S/C11H20N4O2/c1-4-11(16,5-2)6-13-10-8(17-3)9(12)14-7-15-10/h7,16H,4-6H2,1-3H3,(H3,12,13,14,15). The van der Waals surface area contributed by atoms with E-state index in [0.717, 1.165) is 0 Å². The van der Waals surface area contributed by atoms with E-state index >= 15 is 0 Å². The average molecular weight is 240 g/mol. The number of nitrogen functional groups attached to an aromatic ring is 1. The van der Waals surface area contributed by atoms with Gasteiger partial charge in [0.05, 0.1) is 12.7 Å². The van der Waals surface area contributed by atoms with Gasteiger partial charge in [-0.05, 0) is 12.8 Å². The maximum absolute atomic E-state index is 10.1. The van der Waals surface area contributed by atoms with E-state index in [2.05, 4.69) is 15.3 Å². The Hall–Kier alpha value is -1.56. The Balaban J connectivity index is 2.79. The third kappa shape index (κ3) is 3.20. The van der Waals surface area contributed by atoms with Crippen molar-refractivity contribution in [1.29, 1.82) is 0 Å². The minimum atomic E-state index is -0.745. The molecule has 0 bridgehead atoms. The molecule has 6 heteroatoms. The fraction of sp³-hybridized carbons (Fsp3) is 0.636. The molecule has 0 aliphatic heterocycles. The molecule has 17 heavy (non-hydrogen) atoms. The highest BCUT2D eigenvalue weighted by Crippen LogP contribution is 2.27. The number of nitrogens with two attached hydrogens (primary N) is 1. The van der Waals surface area contributed by atoms with E-state index in [0.29, 0.717) is 31.0 Å². The van der Waals surface area contributed by atoms with Gasteiger partial charge in [-0.15, -0.1) is 0 Å². The van der Waals surface area contributed by atoms with Crippen molar-refractivity contribution in [2.75, 3.05) is 24.7 Å². The quantitative estimate of drug-likeness (QED) is 0.687. The molecule has 0 aliphatic carbocycles. The summed E-state index contributed by atoms with van der Waals surface area (Å²) >= 11 is 0. The number of ether oxygens (including phenoxy) is 1. The molecule has 6 nitrogen and oxygen atoms in total. The molecule has 1 rings (SSSR count). The third-order valence-electron chi connectivity index (χ3n) is 2.94. The lowest BCUT2D eigenvalue weighted by Gasteiger charge is -2.26. The van der Waals surface area contributed by atoms with Crippen LogP contribution in [0, 0.1) is 0 Å². The second-order valence-electron chi connectivity index (χ2n) is 3.93. The smallest absolute Gasteiger partial charge is 0.203 e. The number of hydrogen-bond acceptors (Lipinski definition) is 6. The number of nitrogens with zero attached hydrogens (tertiary/aromatic N) is 2. The zero-order valence-corrected chi connectivity index (χ0v) is 10.5. The van der Waals surface area contributed by atoms with E-state index in [1.54, 1.807) is 0 Å². The normalized spacial score (nSPS) is 11.3. The van der Waals surface area contributed by atoms with Crippen molar-refractivity contribution in [1.82, 2.24) is 9.97 Å². The molecule has 0 fully saturated rings. The van der Waals surface area contributed by atoms with Crippen molar-refractivity contribution < 1.29 is 9.84 Å². The average Bonchev–Trinajstić information content (AvgIpc) is 2.36. The summed E-state index contributed by atoms with van der Waals surface area (Å²) in [7, 11) is 1.51. The number of hydrogen-bond donors (Lipinski definition) is 3. The van der Waals surface area contributed by atoms with Gasteiger partial charge in [-0.25, -0.2) is 9.97 Å². The van der Waals surface area contributed by atoms with Crippen LogP contribution in [0.5, 0.6) is 5.75 Å². The van der Waals surface area contributed by atoms with Crippen LogP contribution in [-0.2, 0) is 0 Å². The van der Waals surface area contributed by atoms with Crippen LogP contribution in [0.1, 0.15) is 26.7 Å². The van der Waals surface area contributed by atoms with E-state index in [4.69, 9.17) is 10.5 Å². The Morgan fingerprint density at radius 2 is 2.06 bits per heavy atom. The van der Waals surface area contributed by atoms with Gasteiger partial charge in [0.2, 0.25) is 5.75 Å². The van der Waals surface area contributed by atoms with Crippen LogP contribution in [0.4, 0.5) is 11.6 Å². The summed E-state index contributed by atoms with van der Waals surface area (Å²) in [6, 6.07) is 0. The lowest BCUT2D eigenvalue weighted by Crippen LogP contribution is -2.35. The summed E-state index contributed by atoms with van der Waals surface area (Å²) < 4.78 is 5.11. The van der Waals surface area contributed by atoms with Crippen LogP contribution in [0.15, 0.2) is 6.33 Å². The first kappa shape index (κ1) is 13.5. The molecule has 0 radical (unpaired) electrons. The molecule has 0 aromatic carbocycles. The van der Waals surface area contributed by atoms with Crippen molar-refractivity contribution in [3.05, 3.63) is 6.33 Å². The molecule has 4 N–H and O–H groups in total. The molecule has 0 saturated carbocycles. The fourth-order valence-electron chi connectivity index (χ4n) is 1.46. The summed E-state index contributed by atoms with van der Waals surface area (Å²) in [5.41, 5.74) is 4.91. The van der Waals surface area contributed by atoms with E-state index in [-0.39, 0.29) is 5.82 Å². The Labute approximate surface area is 101 Å². The highest BCUT2D eigenvalue weighted by atomic mass is 16.5. The summed E-state index contributed by atoms with van der Waals surface area (Å²) in [5, 5.41) is 13.2. The van der Waals surface area contributed by atoms with Crippen LogP contribution in [0.2, 0.25) is 0 Å². The zero-order chi connectivity index (χ0) is 12.9. The summed E-state index contributed by atoms with van der Waals surface area (Å²) in [4.78, 5) is 7.88. The molecular formula is C11H20N4O2. The monoisotopic (exact) mass is 240 g/mol. The first-order chi connectivity index (χ1) is 8.06. The van der Waals surface area contributed by atoms with Crippen molar-refractivity contribution in [3.63, 3.8) is 0 Å². The van der Waals surface area contributed by atoms with Gasteiger partial charge in [0.25, 0.3) is 0 Å². The number of methoxy groups -OCH3 is 1. The largest absolute Gasteiger partial charge is 0.490 e. The fourth-order valence-corrected chi connectivity index (χ4v) is 1.46. The van der Waals surface area contributed by atoms with Crippen molar-refractivity contribution in [2.24, 2.45) is 0 Å². The summed E-state index contributed by atoms with van der Waals surface area (Å²) in [6.45, 7) is 4.28. The molecule has 1 heterocycles. The van der Waals surface area contributed by atoms with Gasteiger partial charge >= 0.3 is 0 Å². The van der Waals surface area contributed by atoms with Gasteiger partial charge in [-0.3, -0.25) is 0 Å². The first-order valence-electron chi connectivity index (χ1n) is 5.67. The van der Waals surface area contributed by atoms with Crippen LogP contribution < -0.4 is 15.8 Å². The number of rotatable bonds is 6. The van der Waals surface area contributed by atoms with Crippen LogP contribution in [-0.4, -0.2) is 34.3 Å². The molecule has 0 unspecified atom stereocenters. The van der Waals surface area contributed by atoms with Gasteiger partial charge < -0.3 is 20.9 Å². The summed E-state index contributed by atoms with van der Waals surface area (Å²) in [5.74, 6) is 1.18. The highest BCUT2D eigenvalue weighted by Gasteiger charge is 2.22. The maximum Gasteiger partial charge on any atom is 0.203 e. The SMILES string of the molecule is CCC(O)(CC)CNc1ncnc(N)c1OC. The van der Waals surface area contributed by atoms with E-state index < -0.39 is 5.60 Å². The van der Waals surface area contributed by atoms with Gasteiger partial charge in [-0.2, -0.15) is 0 Å². The Morgan fingerprint density at radius 1 is 1.41 bits per heavy atom. The topological polar surface area (TPSA) is 93.3 Å². The number of anilines is 2. The lowest BCUT2D eigenvalue weighted by atomic mass is 9.98. The van der Waals surface area contributed by atoms with Crippen molar-refractivity contribution in [2.45, 2.75) is 32.3 Å². The minimum Gasteiger partial charge on any atom is -0.490 e. The van der Waals surface area contributed by atoms with E-state index in [1.165, 1.54) is 13.4 Å². The Bertz CT molecular complexity index is 366. The van der Waals surface area contributed by atoms with Crippen molar-refractivity contribution >= 4 is 11.6 Å². The van der Waals surface area contributed by atoms with Crippen LogP contribution in [0.25, 0.3) is 0 Å². The molecule has 0 saturated heterocycles. The Morgan fingerprint density at radius 3 is 2.59 bits per heavy atom. The maximum atomic E-state index is 10.1. The molecule has 96 valence electrons. The molecule has 0 amide bonds. The predicted molar refractivity (Wildman–Crippen MR) is 67.0 cm³/mol. The van der Waals surface area contributed by atoms with Crippen LogP contribution in [0.3, 0.4) is 0 Å².